The molecule has 0 saturated heterocycles. The van der Waals surface area contributed by atoms with Crippen molar-refractivity contribution in [3.63, 3.8) is 0 Å². The number of hydrogen-bond donors (Lipinski definition) is 1. The number of nitrogens with zero attached hydrogens (tertiary/aromatic N) is 2. The van der Waals surface area contributed by atoms with Crippen molar-refractivity contribution in [2.45, 2.75) is 6.92 Å². The Labute approximate surface area is 65.9 Å². The molecule has 11 heavy (non-hydrogen) atoms. The highest BCUT2D eigenvalue weighted by Crippen LogP contribution is 2.11. The van der Waals surface area contributed by atoms with Crippen molar-refractivity contribution in [1.29, 1.82) is 0 Å². The van der Waals surface area contributed by atoms with Crippen LogP contribution in [0.3, 0.4) is 0 Å². The molecule has 56 valence electrons. The lowest BCUT2D eigenvalue weighted by Crippen LogP contribution is -1.91. The van der Waals surface area contributed by atoms with E-state index >= 15 is 0 Å². The van der Waals surface area contributed by atoms with Gasteiger partial charge >= 0.3 is 4.87 Å². The van der Waals surface area contributed by atoms with Gasteiger partial charge < -0.3 is 4.98 Å². The Morgan fingerprint density at radius 2 is 2.36 bits per heavy atom. The monoisotopic (exact) mass is 167 g/mol. The molecule has 2 aromatic rings. The zero-order chi connectivity index (χ0) is 7.84. The third kappa shape index (κ3) is 0.932. The van der Waals surface area contributed by atoms with E-state index in [4.69, 9.17) is 0 Å². The van der Waals surface area contributed by atoms with Crippen molar-refractivity contribution in [2.75, 3.05) is 0 Å². The fourth-order valence-electron chi connectivity index (χ4n) is 0.888. The molecule has 0 saturated carbocycles. The third-order valence-corrected chi connectivity index (χ3v) is 2.21. The second kappa shape index (κ2) is 2.13. The highest BCUT2D eigenvalue weighted by molar-refractivity contribution is 7.15. The summed E-state index contributed by atoms with van der Waals surface area (Å²) in [6.07, 6.45) is 1.46. The van der Waals surface area contributed by atoms with E-state index in [1.165, 1.54) is 6.33 Å². The van der Waals surface area contributed by atoms with E-state index in [1.807, 2.05) is 6.92 Å². The van der Waals surface area contributed by atoms with Crippen LogP contribution in [-0.4, -0.2) is 15.0 Å². The van der Waals surface area contributed by atoms with Gasteiger partial charge in [-0.3, -0.25) is 4.79 Å². The Kier molecular flexibility index (Phi) is 1.25. The number of H-pyrrole nitrogens is 1. The van der Waals surface area contributed by atoms with E-state index in [0.29, 0.717) is 0 Å². The summed E-state index contributed by atoms with van der Waals surface area (Å²) in [5, 5.41) is 0. The number of nitrogens with one attached hydrogen (secondary N) is 1. The Bertz CT molecular complexity index is 444. The first-order chi connectivity index (χ1) is 5.27. The molecule has 2 rings (SSSR count). The normalized spacial score (nSPS) is 10.6. The molecule has 0 amide bonds. The number of aromatic nitrogens is 3. The molecular weight excluding hydrogens is 162 g/mol. The molecule has 0 aliphatic carbocycles. The summed E-state index contributed by atoms with van der Waals surface area (Å²) in [7, 11) is 0. The fourth-order valence-corrected chi connectivity index (χ4v) is 1.62. The molecule has 4 nitrogen and oxygen atoms in total. The molecule has 0 radical (unpaired) electrons. The Hall–Kier alpha value is -1.23. The Morgan fingerprint density at radius 3 is 3.09 bits per heavy atom. The lowest BCUT2D eigenvalue weighted by Gasteiger charge is -1.89. The van der Waals surface area contributed by atoms with Gasteiger partial charge in [0, 0.05) is 0 Å². The minimum absolute atomic E-state index is 0.0800. The highest BCUT2D eigenvalue weighted by Gasteiger charge is 2.01. The summed E-state index contributed by atoms with van der Waals surface area (Å²) in [6, 6.07) is 0. The van der Waals surface area contributed by atoms with Crippen LogP contribution in [0.2, 0.25) is 0 Å². The van der Waals surface area contributed by atoms with Gasteiger partial charge in [-0.15, -0.1) is 0 Å². The van der Waals surface area contributed by atoms with Gasteiger partial charge in [-0.25, -0.2) is 9.97 Å². The molecule has 0 spiro atoms. The molecule has 0 unspecified atom stereocenters. The van der Waals surface area contributed by atoms with E-state index in [2.05, 4.69) is 15.0 Å². The lowest BCUT2D eigenvalue weighted by molar-refractivity contribution is 1.14. The molecule has 2 aromatic heterocycles. The molecule has 0 fully saturated rings. The van der Waals surface area contributed by atoms with Crippen molar-refractivity contribution in [3.8, 4) is 0 Å². The quantitative estimate of drug-likeness (QED) is 0.628. The van der Waals surface area contributed by atoms with Crippen molar-refractivity contribution in [1.82, 2.24) is 15.0 Å². The predicted molar refractivity (Wildman–Crippen MR) is 42.8 cm³/mol. The van der Waals surface area contributed by atoms with Gasteiger partial charge in [-0.2, -0.15) is 0 Å². The molecule has 1 N–H and O–H groups in total. The number of rotatable bonds is 0. The van der Waals surface area contributed by atoms with E-state index in [-0.39, 0.29) is 4.87 Å². The minimum Gasteiger partial charge on any atom is -0.309 e. The number of aryl methyl sites for hydroxylation is 1. The molecular formula is C6H5N3OS. The van der Waals surface area contributed by atoms with Crippen LogP contribution in [0.15, 0.2) is 11.1 Å². The van der Waals surface area contributed by atoms with E-state index in [9.17, 15) is 4.79 Å². The maximum absolute atomic E-state index is 10.8. The second-order valence-electron chi connectivity index (χ2n) is 2.15. The van der Waals surface area contributed by atoms with Gasteiger partial charge in [0.1, 0.15) is 11.2 Å². The fraction of sp³-hybridized carbons (Fsp3) is 0.167. The third-order valence-electron chi connectivity index (χ3n) is 1.42. The zero-order valence-corrected chi connectivity index (χ0v) is 6.60. The van der Waals surface area contributed by atoms with Crippen LogP contribution < -0.4 is 4.87 Å². The second-order valence-corrected chi connectivity index (χ2v) is 3.12. The van der Waals surface area contributed by atoms with Gasteiger partial charge in [0.2, 0.25) is 0 Å². The standard InChI is InChI=1S/C6H5N3OS/c1-3-4-5(8-2-7-3)11-6(10)9-4/h2H,1H3,(H,9,10). The molecule has 0 bridgehead atoms. The lowest BCUT2D eigenvalue weighted by atomic mass is 10.4. The summed E-state index contributed by atoms with van der Waals surface area (Å²) >= 11 is 1.10. The molecule has 0 aliphatic rings. The smallest absolute Gasteiger partial charge is 0.307 e. The molecule has 2 heterocycles. The van der Waals surface area contributed by atoms with E-state index in [0.717, 1.165) is 27.4 Å². The van der Waals surface area contributed by atoms with Crippen LogP contribution in [-0.2, 0) is 0 Å². The van der Waals surface area contributed by atoms with Crippen molar-refractivity contribution in [2.24, 2.45) is 0 Å². The van der Waals surface area contributed by atoms with Gasteiger partial charge in [-0.05, 0) is 6.92 Å². The van der Waals surface area contributed by atoms with E-state index < -0.39 is 0 Å². The van der Waals surface area contributed by atoms with Crippen LogP contribution in [0.5, 0.6) is 0 Å². The first kappa shape index (κ1) is 6.48. The summed E-state index contributed by atoms with van der Waals surface area (Å²) in [5.74, 6) is 0. The van der Waals surface area contributed by atoms with Gasteiger partial charge in [-0.1, -0.05) is 11.3 Å². The van der Waals surface area contributed by atoms with Crippen LogP contribution >= 0.6 is 11.3 Å². The van der Waals surface area contributed by atoms with E-state index in [1.54, 1.807) is 0 Å². The number of fused-ring (bicyclic) bond motifs is 1. The minimum atomic E-state index is -0.0800. The number of aromatic amines is 1. The summed E-state index contributed by atoms with van der Waals surface area (Å²) in [4.78, 5) is 22.0. The van der Waals surface area contributed by atoms with Gasteiger partial charge in [0.15, 0.2) is 0 Å². The first-order valence-electron chi connectivity index (χ1n) is 3.08. The van der Waals surface area contributed by atoms with Crippen molar-refractivity contribution >= 4 is 21.7 Å². The van der Waals surface area contributed by atoms with Crippen LogP contribution in [0, 0.1) is 6.92 Å². The van der Waals surface area contributed by atoms with Gasteiger partial charge in [0.05, 0.1) is 11.2 Å². The van der Waals surface area contributed by atoms with Crippen molar-refractivity contribution in [3.05, 3.63) is 21.7 Å². The average Bonchev–Trinajstić information content (AvgIpc) is 2.31. The maximum atomic E-state index is 10.8. The molecule has 5 heteroatoms. The molecule has 0 aliphatic heterocycles. The molecule has 0 aromatic carbocycles. The topological polar surface area (TPSA) is 58.6 Å². The van der Waals surface area contributed by atoms with Crippen LogP contribution in [0.1, 0.15) is 5.69 Å². The predicted octanol–water partition coefficient (Wildman–Crippen LogP) is 0.688. The highest BCUT2D eigenvalue weighted by atomic mass is 32.1. The number of thiazole rings is 1. The first-order valence-corrected chi connectivity index (χ1v) is 3.89. The largest absolute Gasteiger partial charge is 0.309 e. The average molecular weight is 167 g/mol. The van der Waals surface area contributed by atoms with Gasteiger partial charge in [0.25, 0.3) is 0 Å². The van der Waals surface area contributed by atoms with Crippen LogP contribution in [0.4, 0.5) is 0 Å². The van der Waals surface area contributed by atoms with Crippen molar-refractivity contribution < 1.29 is 0 Å². The summed E-state index contributed by atoms with van der Waals surface area (Å²) in [5.41, 5.74) is 1.57. The SMILES string of the molecule is Cc1ncnc2sc(=O)[nH]c12. The maximum Gasteiger partial charge on any atom is 0.307 e. The van der Waals surface area contributed by atoms with Crippen LogP contribution in [0.25, 0.3) is 10.3 Å². The Morgan fingerprint density at radius 1 is 1.55 bits per heavy atom. The summed E-state index contributed by atoms with van der Waals surface area (Å²) < 4.78 is 0. The summed E-state index contributed by atoms with van der Waals surface area (Å²) in [6.45, 7) is 1.84. The number of hydrogen-bond acceptors (Lipinski definition) is 4. The Balaban J connectivity index is 3.01. The zero-order valence-electron chi connectivity index (χ0n) is 5.79. The molecule has 0 atom stereocenters.